The number of aryl methyl sites for hydroxylation is 1. The maximum atomic E-state index is 13.1. The van der Waals surface area contributed by atoms with Gasteiger partial charge in [-0.1, -0.05) is 20.8 Å². The highest BCUT2D eigenvalue weighted by Gasteiger charge is 2.36. The fourth-order valence-electron chi connectivity index (χ4n) is 7.03. The van der Waals surface area contributed by atoms with Crippen LogP contribution in [-0.2, 0) is 43.1 Å². The lowest BCUT2D eigenvalue weighted by molar-refractivity contribution is -0.873. The number of hydrogen-bond donors (Lipinski definition) is 1. The van der Waals surface area contributed by atoms with Crippen LogP contribution in [0.3, 0.4) is 0 Å². The molecule has 0 bridgehead atoms. The smallest absolute Gasteiger partial charge is 0.309 e. The van der Waals surface area contributed by atoms with Crippen LogP contribution in [-0.4, -0.2) is 91.0 Å². The molecule has 0 saturated heterocycles. The Kier molecular flexibility index (Phi) is 11.7. The van der Waals surface area contributed by atoms with Crippen LogP contribution in [0.25, 0.3) is 5.69 Å². The number of aromatic nitrogens is 2. The van der Waals surface area contributed by atoms with E-state index in [2.05, 4.69) is 13.8 Å². The molecule has 1 aromatic carbocycles. The first-order chi connectivity index (χ1) is 22.0. The molecule has 11 heteroatoms. The second-order valence-corrected chi connectivity index (χ2v) is 15.0. The molecule has 4 rings (SSSR count). The Morgan fingerprint density at radius 2 is 1.79 bits per heavy atom. The lowest BCUT2D eigenvalue weighted by Crippen LogP contribution is -2.43. The van der Waals surface area contributed by atoms with Gasteiger partial charge < -0.3 is 24.4 Å². The Morgan fingerprint density at radius 3 is 2.40 bits per heavy atom. The number of benzene rings is 1. The summed E-state index contributed by atoms with van der Waals surface area (Å²) in [5.74, 6) is -0.783. The average molecular weight is 654 g/mol. The molecule has 2 N–H and O–H groups in total. The van der Waals surface area contributed by atoms with Gasteiger partial charge in [-0.3, -0.25) is 19.2 Å². The molecule has 11 nitrogen and oxygen atoms in total. The van der Waals surface area contributed by atoms with Crippen LogP contribution in [0.5, 0.6) is 0 Å². The van der Waals surface area contributed by atoms with E-state index in [0.717, 1.165) is 60.3 Å². The molecule has 1 atom stereocenters. The van der Waals surface area contributed by atoms with E-state index >= 15 is 0 Å². The summed E-state index contributed by atoms with van der Waals surface area (Å²) < 4.78 is 19.2. The van der Waals surface area contributed by atoms with Crippen molar-refractivity contribution >= 4 is 23.6 Å². The van der Waals surface area contributed by atoms with E-state index in [1.165, 1.54) is 6.92 Å². The molecule has 1 aromatic heterocycles. The first-order valence-corrected chi connectivity index (χ1v) is 16.9. The maximum Gasteiger partial charge on any atom is 0.309 e. The minimum absolute atomic E-state index is 0.00739. The van der Waals surface area contributed by atoms with Crippen LogP contribution in [0.4, 0.5) is 0 Å². The predicted molar refractivity (Wildman–Crippen MR) is 177 cm³/mol. The van der Waals surface area contributed by atoms with E-state index in [1.807, 2.05) is 44.9 Å². The molecular weight excluding hydrogens is 600 g/mol. The Labute approximate surface area is 278 Å². The molecule has 0 aliphatic heterocycles. The number of carbonyl (C=O) groups excluding carboxylic acids is 4. The van der Waals surface area contributed by atoms with Crippen molar-refractivity contribution in [3.63, 3.8) is 0 Å². The van der Waals surface area contributed by atoms with Crippen molar-refractivity contribution in [3.8, 4) is 5.69 Å². The predicted octanol–water partition coefficient (Wildman–Crippen LogP) is 4.38. The first-order valence-electron chi connectivity index (χ1n) is 16.9. The van der Waals surface area contributed by atoms with Crippen molar-refractivity contribution in [1.82, 2.24) is 9.78 Å². The first kappa shape index (κ1) is 36.3. The number of likely N-dealkylation sites (N-methyl/N-ethyl adjacent to an activating group) is 1. The highest BCUT2D eigenvalue weighted by molar-refractivity contribution is 6.00. The molecular formula is C36H53N4O7+. The van der Waals surface area contributed by atoms with E-state index in [0.29, 0.717) is 48.4 Å². The fraction of sp³-hybridized carbons (Fsp3) is 0.639. The SMILES string of the molecule is CCc1nn(-c2ccc(C(N)=O)c(CC3CCC(OCCOC(=O)CC(C[N+](C)(C)C)OC(C)=O)CC3)c2)c2c1C(=O)CC(C)(C)C2. The largest absolute Gasteiger partial charge is 0.463 e. The number of nitrogens with two attached hydrogens (primary N) is 1. The number of quaternary nitrogens is 1. The van der Waals surface area contributed by atoms with Gasteiger partial charge >= 0.3 is 11.9 Å². The van der Waals surface area contributed by atoms with E-state index in [9.17, 15) is 19.2 Å². The topological polar surface area (TPSA) is 140 Å². The quantitative estimate of drug-likeness (QED) is 0.180. The number of amides is 1. The zero-order chi connectivity index (χ0) is 34.5. The van der Waals surface area contributed by atoms with Crippen molar-refractivity contribution in [2.75, 3.05) is 40.9 Å². The second kappa shape index (κ2) is 15.1. The van der Waals surface area contributed by atoms with Crippen LogP contribution in [0.15, 0.2) is 18.2 Å². The average Bonchev–Trinajstić information content (AvgIpc) is 3.32. The molecule has 0 radical (unpaired) electrons. The molecule has 2 aliphatic rings. The summed E-state index contributed by atoms with van der Waals surface area (Å²) in [6.45, 7) is 8.53. The Hall–Kier alpha value is -3.57. The van der Waals surface area contributed by atoms with Gasteiger partial charge in [-0.2, -0.15) is 5.10 Å². The second-order valence-electron chi connectivity index (χ2n) is 15.0. The van der Waals surface area contributed by atoms with Gasteiger partial charge in [-0.05, 0) is 80.0 Å². The van der Waals surface area contributed by atoms with Gasteiger partial charge in [0.1, 0.15) is 13.2 Å². The van der Waals surface area contributed by atoms with Crippen molar-refractivity contribution in [2.45, 2.75) is 97.7 Å². The summed E-state index contributed by atoms with van der Waals surface area (Å²) >= 11 is 0. The molecule has 1 saturated carbocycles. The third-order valence-corrected chi connectivity index (χ3v) is 9.03. The number of hydrogen-bond acceptors (Lipinski definition) is 8. The molecule has 47 heavy (non-hydrogen) atoms. The molecule has 258 valence electrons. The number of nitrogens with zero attached hydrogens (tertiary/aromatic N) is 3. The van der Waals surface area contributed by atoms with Crippen LogP contribution in [0.1, 0.15) is 104 Å². The van der Waals surface area contributed by atoms with Gasteiger partial charge in [-0.15, -0.1) is 0 Å². The number of ketones is 1. The summed E-state index contributed by atoms with van der Waals surface area (Å²) in [4.78, 5) is 49.3. The van der Waals surface area contributed by atoms with E-state index in [-0.39, 0.29) is 30.3 Å². The minimum Gasteiger partial charge on any atom is -0.463 e. The van der Waals surface area contributed by atoms with Crippen LogP contribution < -0.4 is 5.73 Å². The number of primary amides is 1. The molecule has 0 spiro atoms. The Morgan fingerprint density at radius 1 is 1.09 bits per heavy atom. The van der Waals surface area contributed by atoms with E-state index in [4.69, 9.17) is 25.0 Å². The molecule has 2 aliphatic carbocycles. The van der Waals surface area contributed by atoms with E-state index < -0.39 is 23.9 Å². The maximum absolute atomic E-state index is 13.1. The minimum atomic E-state index is -0.540. The molecule has 1 heterocycles. The number of carbonyl (C=O) groups is 4. The van der Waals surface area contributed by atoms with Gasteiger partial charge in [0.2, 0.25) is 5.91 Å². The summed E-state index contributed by atoms with van der Waals surface area (Å²) in [5, 5.41) is 4.87. The molecule has 2 aromatic rings. The normalized spacial score (nSPS) is 19.9. The third kappa shape index (κ3) is 9.96. The van der Waals surface area contributed by atoms with Crippen LogP contribution >= 0.6 is 0 Å². The van der Waals surface area contributed by atoms with Crippen LogP contribution in [0, 0.1) is 11.3 Å². The van der Waals surface area contributed by atoms with Gasteiger partial charge in [0.05, 0.1) is 62.9 Å². The lowest BCUT2D eigenvalue weighted by Gasteiger charge is -2.30. The van der Waals surface area contributed by atoms with Crippen molar-refractivity contribution in [3.05, 3.63) is 46.3 Å². The highest BCUT2D eigenvalue weighted by Crippen LogP contribution is 2.38. The molecule has 1 fully saturated rings. The van der Waals surface area contributed by atoms with Gasteiger partial charge in [0.15, 0.2) is 11.9 Å². The van der Waals surface area contributed by atoms with E-state index in [1.54, 1.807) is 6.07 Å². The summed E-state index contributed by atoms with van der Waals surface area (Å²) in [5.41, 5.74) is 10.4. The zero-order valence-corrected chi connectivity index (χ0v) is 29.2. The monoisotopic (exact) mass is 653 g/mol. The van der Waals surface area contributed by atoms with Gasteiger partial charge in [0, 0.05) is 18.9 Å². The van der Waals surface area contributed by atoms with Crippen molar-refractivity contribution in [2.24, 2.45) is 17.1 Å². The number of esters is 2. The Balaban J connectivity index is 1.32. The standard InChI is InChI=1S/C36H52N4O7/c1-8-30-34-31(20-36(3,4)21-32(34)42)39(38-30)26-11-14-29(35(37)44)25(18-26)17-24-9-12-27(13-10-24)45-15-16-46-33(43)19-28(47-23(2)41)22-40(5,6)7/h11,14,18,24,27-28H,8-10,12-13,15-17,19-22H2,1-7H3,(H-,37,44)/p+1. The highest BCUT2D eigenvalue weighted by atomic mass is 16.6. The summed E-state index contributed by atoms with van der Waals surface area (Å²) in [7, 11) is 5.91. The molecule has 1 amide bonds. The van der Waals surface area contributed by atoms with Gasteiger partial charge in [0.25, 0.3) is 0 Å². The van der Waals surface area contributed by atoms with Crippen molar-refractivity contribution in [1.29, 1.82) is 0 Å². The zero-order valence-electron chi connectivity index (χ0n) is 29.2. The summed E-state index contributed by atoms with van der Waals surface area (Å²) in [6, 6.07) is 5.68. The molecule has 1 unspecified atom stereocenters. The fourth-order valence-corrected chi connectivity index (χ4v) is 7.03. The number of Topliss-reactive ketones (excluding diaryl/α,β-unsaturated/α-hetero) is 1. The Bertz CT molecular complexity index is 1460. The lowest BCUT2D eigenvalue weighted by atomic mass is 9.75. The summed E-state index contributed by atoms with van der Waals surface area (Å²) in [6.07, 6.45) is 5.79. The van der Waals surface area contributed by atoms with Crippen molar-refractivity contribution < 1.29 is 37.9 Å². The third-order valence-electron chi connectivity index (χ3n) is 9.03. The number of ether oxygens (including phenoxy) is 3. The number of rotatable bonds is 14. The number of fused-ring (bicyclic) bond motifs is 1. The van der Waals surface area contributed by atoms with Crippen LogP contribution in [0.2, 0.25) is 0 Å². The van der Waals surface area contributed by atoms with Gasteiger partial charge in [-0.25, -0.2) is 4.68 Å².